The van der Waals surface area contributed by atoms with Gasteiger partial charge in [-0.2, -0.15) is 0 Å². The minimum atomic E-state index is -1.04. The topological polar surface area (TPSA) is 84.2 Å². The lowest BCUT2D eigenvalue weighted by Crippen LogP contribution is -2.29. The van der Waals surface area contributed by atoms with Crippen LogP contribution in [0.1, 0.15) is 30.8 Å². The summed E-state index contributed by atoms with van der Waals surface area (Å²) in [4.78, 5) is 26.0. The van der Waals surface area contributed by atoms with Gasteiger partial charge in [0.25, 0.3) is 0 Å². The lowest BCUT2D eigenvalue weighted by Gasteiger charge is -2.06. The summed E-state index contributed by atoms with van der Waals surface area (Å²) in [6.07, 6.45) is 3.85. The Labute approximate surface area is 105 Å². The number of nitrogens with one attached hydrogen (secondary N) is 1. The van der Waals surface area contributed by atoms with E-state index in [1.807, 2.05) is 0 Å². The van der Waals surface area contributed by atoms with Gasteiger partial charge >= 0.3 is 5.97 Å². The Morgan fingerprint density at radius 2 is 2.28 bits per heavy atom. The highest BCUT2D eigenvalue weighted by Crippen LogP contribution is 2.51. The number of carboxylic acids is 1. The Balaban J connectivity index is 1.75. The summed E-state index contributed by atoms with van der Waals surface area (Å²) in [5.41, 5.74) is 0.153. The van der Waals surface area contributed by atoms with E-state index in [2.05, 4.69) is 24.1 Å². The molecule has 1 saturated carbocycles. The summed E-state index contributed by atoms with van der Waals surface area (Å²) in [5.74, 6) is -0.842. The van der Waals surface area contributed by atoms with Gasteiger partial charge in [0.1, 0.15) is 0 Å². The third kappa shape index (κ3) is 2.69. The minimum Gasteiger partial charge on any atom is -0.476 e. The van der Waals surface area contributed by atoms with Gasteiger partial charge in [-0.25, -0.2) is 9.78 Å². The van der Waals surface area contributed by atoms with Crippen LogP contribution in [0.3, 0.4) is 0 Å². The number of aromatic nitrogens is 2. The zero-order valence-corrected chi connectivity index (χ0v) is 10.5. The van der Waals surface area contributed by atoms with Crippen LogP contribution in [0, 0.1) is 11.3 Å². The lowest BCUT2D eigenvalue weighted by atomic mass is 10.1. The number of nitrogens with zero attached hydrogens (tertiary/aromatic N) is 2. The Bertz CT molecular complexity index is 479. The van der Waals surface area contributed by atoms with Gasteiger partial charge in [-0.3, -0.25) is 4.79 Å². The quantitative estimate of drug-likeness (QED) is 0.808. The molecule has 0 aliphatic heterocycles. The molecular weight excluding hydrogens is 234 g/mol. The van der Waals surface area contributed by atoms with Crippen molar-refractivity contribution in [2.24, 2.45) is 11.3 Å². The van der Waals surface area contributed by atoms with Crippen molar-refractivity contribution >= 4 is 11.9 Å². The maximum atomic E-state index is 11.7. The number of amides is 1. The van der Waals surface area contributed by atoms with Crippen molar-refractivity contribution in [3.05, 3.63) is 18.2 Å². The van der Waals surface area contributed by atoms with Gasteiger partial charge < -0.3 is 15.0 Å². The molecule has 6 nitrogen and oxygen atoms in total. The second-order valence-electron chi connectivity index (χ2n) is 5.34. The third-order valence-corrected chi connectivity index (χ3v) is 3.35. The van der Waals surface area contributed by atoms with Gasteiger partial charge in [0.15, 0.2) is 5.69 Å². The predicted octanol–water partition coefficient (Wildman–Crippen LogP) is 0.744. The van der Waals surface area contributed by atoms with Gasteiger partial charge in [0.2, 0.25) is 5.91 Å². The molecule has 1 aliphatic rings. The van der Waals surface area contributed by atoms with Crippen molar-refractivity contribution in [3.8, 4) is 0 Å². The SMILES string of the molecule is CC1(C)CC1C(=O)NCCn1cnc(C(=O)O)c1. The summed E-state index contributed by atoms with van der Waals surface area (Å²) >= 11 is 0. The largest absolute Gasteiger partial charge is 0.476 e. The summed E-state index contributed by atoms with van der Waals surface area (Å²) in [6.45, 7) is 5.17. The van der Waals surface area contributed by atoms with Gasteiger partial charge in [-0.05, 0) is 11.8 Å². The minimum absolute atomic E-state index is 0.0182. The molecular formula is C12H17N3O3. The number of aromatic carboxylic acids is 1. The Morgan fingerprint density at radius 3 is 2.78 bits per heavy atom. The van der Waals surface area contributed by atoms with E-state index >= 15 is 0 Å². The zero-order valence-electron chi connectivity index (χ0n) is 10.5. The molecule has 1 heterocycles. The second kappa shape index (κ2) is 4.44. The molecule has 1 amide bonds. The van der Waals surface area contributed by atoms with Gasteiger partial charge in [0.05, 0.1) is 6.33 Å². The average Bonchev–Trinajstić information content (AvgIpc) is 2.75. The fourth-order valence-electron chi connectivity index (χ4n) is 1.94. The van der Waals surface area contributed by atoms with Crippen LogP contribution >= 0.6 is 0 Å². The van der Waals surface area contributed by atoms with Crippen LogP contribution in [0.4, 0.5) is 0 Å². The van der Waals surface area contributed by atoms with E-state index < -0.39 is 5.97 Å². The highest BCUT2D eigenvalue weighted by atomic mass is 16.4. The first-order valence-electron chi connectivity index (χ1n) is 5.93. The van der Waals surface area contributed by atoms with Gasteiger partial charge in [-0.1, -0.05) is 13.8 Å². The highest BCUT2D eigenvalue weighted by Gasteiger charge is 2.50. The van der Waals surface area contributed by atoms with Crippen LogP contribution in [0.5, 0.6) is 0 Å². The van der Waals surface area contributed by atoms with Crippen LogP contribution in [-0.2, 0) is 11.3 Å². The molecule has 0 radical (unpaired) electrons. The normalized spacial score (nSPS) is 20.4. The molecule has 18 heavy (non-hydrogen) atoms. The lowest BCUT2D eigenvalue weighted by molar-refractivity contribution is -0.123. The number of imidazole rings is 1. The number of hydrogen-bond donors (Lipinski definition) is 2. The fourth-order valence-corrected chi connectivity index (χ4v) is 1.94. The number of carboxylic acid groups (broad SMARTS) is 1. The van der Waals surface area contributed by atoms with Crippen LogP contribution in [0.2, 0.25) is 0 Å². The second-order valence-corrected chi connectivity index (χ2v) is 5.34. The van der Waals surface area contributed by atoms with Crippen LogP contribution < -0.4 is 5.32 Å². The number of hydrogen-bond acceptors (Lipinski definition) is 3. The molecule has 0 saturated heterocycles. The highest BCUT2D eigenvalue weighted by molar-refractivity contribution is 5.84. The van der Waals surface area contributed by atoms with Crippen molar-refractivity contribution in [2.45, 2.75) is 26.8 Å². The van der Waals surface area contributed by atoms with Crippen molar-refractivity contribution in [3.63, 3.8) is 0 Å². The summed E-state index contributed by atoms with van der Waals surface area (Å²) in [7, 11) is 0. The van der Waals surface area contributed by atoms with Gasteiger partial charge in [-0.15, -0.1) is 0 Å². The van der Waals surface area contributed by atoms with E-state index in [4.69, 9.17) is 5.11 Å². The Hall–Kier alpha value is -1.85. The molecule has 98 valence electrons. The molecule has 1 unspecified atom stereocenters. The third-order valence-electron chi connectivity index (χ3n) is 3.35. The van der Waals surface area contributed by atoms with E-state index in [-0.39, 0.29) is 22.9 Å². The molecule has 0 aromatic carbocycles. The van der Waals surface area contributed by atoms with E-state index in [1.165, 1.54) is 12.5 Å². The summed E-state index contributed by atoms with van der Waals surface area (Å²) in [5, 5.41) is 11.6. The van der Waals surface area contributed by atoms with Crippen molar-refractivity contribution in [1.29, 1.82) is 0 Å². The zero-order chi connectivity index (χ0) is 13.3. The van der Waals surface area contributed by atoms with E-state index in [9.17, 15) is 9.59 Å². The Morgan fingerprint density at radius 1 is 1.61 bits per heavy atom. The van der Waals surface area contributed by atoms with Crippen LogP contribution in [0.15, 0.2) is 12.5 Å². The van der Waals surface area contributed by atoms with Gasteiger partial charge in [0, 0.05) is 25.2 Å². The standard InChI is InChI=1S/C12H17N3O3/c1-12(2)5-8(12)10(16)13-3-4-15-6-9(11(17)18)14-7-15/h6-8H,3-5H2,1-2H3,(H,13,16)(H,17,18). The maximum absolute atomic E-state index is 11.7. The fraction of sp³-hybridized carbons (Fsp3) is 0.583. The first kappa shape index (κ1) is 12.6. The number of carbonyl (C=O) groups excluding carboxylic acids is 1. The predicted molar refractivity (Wildman–Crippen MR) is 64.1 cm³/mol. The molecule has 1 aliphatic carbocycles. The smallest absolute Gasteiger partial charge is 0.356 e. The first-order chi connectivity index (χ1) is 8.40. The first-order valence-corrected chi connectivity index (χ1v) is 5.93. The average molecular weight is 251 g/mol. The molecule has 0 bridgehead atoms. The summed E-state index contributed by atoms with van der Waals surface area (Å²) < 4.78 is 1.65. The number of rotatable bonds is 5. The van der Waals surface area contributed by atoms with Crippen LogP contribution in [0.25, 0.3) is 0 Å². The van der Waals surface area contributed by atoms with Crippen molar-refractivity contribution < 1.29 is 14.7 Å². The monoisotopic (exact) mass is 251 g/mol. The number of carbonyl (C=O) groups is 2. The molecule has 1 aromatic rings. The maximum Gasteiger partial charge on any atom is 0.356 e. The van der Waals surface area contributed by atoms with Crippen molar-refractivity contribution in [2.75, 3.05) is 6.54 Å². The molecule has 1 fully saturated rings. The molecule has 2 rings (SSSR count). The molecule has 1 aromatic heterocycles. The van der Waals surface area contributed by atoms with Crippen molar-refractivity contribution in [1.82, 2.24) is 14.9 Å². The van der Waals surface area contributed by atoms with Crippen LogP contribution in [-0.4, -0.2) is 33.1 Å². The van der Waals surface area contributed by atoms with E-state index in [1.54, 1.807) is 4.57 Å². The van der Waals surface area contributed by atoms with E-state index in [0.29, 0.717) is 13.1 Å². The molecule has 1 atom stereocenters. The van der Waals surface area contributed by atoms with E-state index in [0.717, 1.165) is 6.42 Å². The molecule has 0 spiro atoms. The molecule has 6 heteroatoms. The molecule has 2 N–H and O–H groups in total. The summed E-state index contributed by atoms with van der Waals surface area (Å²) in [6, 6.07) is 0. The Kier molecular flexibility index (Phi) is 3.11.